The Morgan fingerprint density at radius 1 is 1.30 bits per heavy atom. The van der Waals surface area contributed by atoms with E-state index in [1.54, 1.807) is 29.2 Å². The molecule has 138 valence electrons. The molecule has 8 heteroatoms. The molecule has 0 aliphatic rings. The minimum absolute atomic E-state index is 0.0960. The summed E-state index contributed by atoms with van der Waals surface area (Å²) in [5.74, 6) is 1.23. The zero-order chi connectivity index (χ0) is 19.1. The Kier molecular flexibility index (Phi) is 4.10. The van der Waals surface area contributed by atoms with Gasteiger partial charge in [-0.2, -0.15) is 0 Å². The van der Waals surface area contributed by atoms with Crippen molar-refractivity contribution in [2.75, 3.05) is 0 Å². The second-order valence-electron chi connectivity index (χ2n) is 6.88. The number of nitrogens with one attached hydrogen (secondary N) is 1. The van der Waals surface area contributed by atoms with E-state index in [1.807, 2.05) is 27.7 Å². The largest absolute Gasteiger partial charge is 0.443 e. The van der Waals surface area contributed by atoms with E-state index in [0.717, 1.165) is 16.7 Å². The van der Waals surface area contributed by atoms with Gasteiger partial charge in [0.2, 0.25) is 5.71 Å². The van der Waals surface area contributed by atoms with Crippen molar-refractivity contribution in [3.8, 4) is 0 Å². The minimum Gasteiger partial charge on any atom is -0.443 e. The van der Waals surface area contributed by atoms with Crippen LogP contribution < -0.4 is 5.32 Å². The van der Waals surface area contributed by atoms with E-state index in [0.29, 0.717) is 22.7 Å². The first kappa shape index (κ1) is 17.1. The monoisotopic (exact) mass is 364 g/mol. The predicted octanol–water partition coefficient (Wildman–Crippen LogP) is 3.01. The van der Waals surface area contributed by atoms with Crippen molar-refractivity contribution in [3.63, 3.8) is 0 Å². The molecule has 0 spiro atoms. The fourth-order valence-corrected chi connectivity index (χ4v) is 3.04. The van der Waals surface area contributed by atoms with Crippen LogP contribution in [0.15, 0.2) is 35.3 Å². The van der Waals surface area contributed by atoms with Crippen molar-refractivity contribution < 1.29 is 9.21 Å². The first-order chi connectivity index (χ1) is 13.0. The average molecular weight is 364 g/mol. The summed E-state index contributed by atoms with van der Waals surface area (Å²) in [7, 11) is 0. The molecule has 27 heavy (non-hydrogen) atoms. The molecule has 0 radical (unpaired) electrons. The molecular weight excluding hydrogens is 344 g/mol. The maximum absolute atomic E-state index is 12.6. The van der Waals surface area contributed by atoms with Gasteiger partial charge in [-0.05, 0) is 31.9 Å². The van der Waals surface area contributed by atoms with Crippen LogP contribution in [0.4, 0.5) is 0 Å². The Morgan fingerprint density at radius 3 is 2.81 bits per heavy atom. The highest BCUT2D eigenvalue weighted by Crippen LogP contribution is 2.27. The lowest BCUT2D eigenvalue weighted by atomic mass is 10.0. The number of carbonyl (C=O) groups is 1. The molecule has 1 amide bonds. The van der Waals surface area contributed by atoms with Crippen molar-refractivity contribution in [1.82, 2.24) is 29.9 Å². The van der Waals surface area contributed by atoms with E-state index in [4.69, 9.17) is 9.40 Å². The predicted molar refractivity (Wildman–Crippen MR) is 99.3 cm³/mol. The fraction of sp³-hybridized carbons (Fsp3) is 0.316. The fourth-order valence-electron chi connectivity index (χ4n) is 3.04. The Hall–Kier alpha value is -3.29. The summed E-state index contributed by atoms with van der Waals surface area (Å²) in [6.45, 7) is 7.90. The van der Waals surface area contributed by atoms with Gasteiger partial charge in [0.1, 0.15) is 12.1 Å². The number of rotatable bonds is 4. The van der Waals surface area contributed by atoms with Crippen molar-refractivity contribution in [2.45, 2.75) is 33.7 Å². The van der Waals surface area contributed by atoms with Crippen molar-refractivity contribution in [2.24, 2.45) is 5.92 Å². The van der Waals surface area contributed by atoms with Gasteiger partial charge in [0.05, 0.1) is 17.0 Å². The minimum atomic E-state index is -0.346. The quantitative estimate of drug-likeness (QED) is 0.598. The van der Waals surface area contributed by atoms with E-state index >= 15 is 0 Å². The van der Waals surface area contributed by atoms with Crippen LogP contribution >= 0.6 is 0 Å². The van der Waals surface area contributed by atoms with Crippen molar-refractivity contribution in [3.05, 3.63) is 53.6 Å². The normalized spacial score (nSPS) is 12.8. The van der Waals surface area contributed by atoms with Gasteiger partial charge in [-0.15, -0.1) is 5.10 Å². The highest BCUT2D eigenvalue weighted by molar-refractivity contribution is 5.94. The molecule has 0 bridgehead atoms. The number of hydrogen-bond donors (Lipinski definition) is 1. The van der Waals surface area contributed by atoms with Crippen LogP contribution in [0.3, 0.4) is 0 Å². The number of fused-ring (bicyclic) bond motifs is 3. The maximum Gasteiger partial charge on any atom is 0.253 e. The van der Waals surface area contributed by atoms with Crippen LogP contribution in [0, 0.1) is 19.8 Å². The third-order valence-corrected chi connectivity index (χ3v) is 4.68. The number of nitrogens with zero attached hydrogens (tertiary/aromatic N) is 5. The van der Waals surface area contributed by atoms with Gasteiger partial charge >= 0.3 is 0 Å². The van der Waals surface area contributed by atoms with Crippen molar-refractivity contribution in [1.29, 1.82) is 0 Å². The van der Waals surface area contributed by atoms with E-state index in [9.17, 15) is 4.79 Å². The van der Waals surface area contributed by atoms with Gasteiger partial charge in [-0.1, -0.05) is 13.8 Å². The molecule has 4 aromatic rings. The maximum atomic E-state index is 12.6. The van der Waals surface area contributed by atoms with Crippen LogP contribution in [-0.4, -0.2) is 30.5 Å². The summed E-state index contributed by atoms with van der Waals surface area (Å²) in [6.07, 6.45) is 4.75. The lowest BCUT2D eigenvalue weighted by Crippen LogP contribution is -2.32. The smallest absolute Gasteiger partial charge is 0.253 e. The third kappa shape index (κ3) is 2.92. The summed E-state index contributed by atoms with van der Waals surface area (Å²) in [4.78, 5) is 25.6. The first-order valence-corrected chi connectivity index (χ1v) is 8.77. The topological polar surface area (TPSA) is 98.2 Å². The molecule has 4 heterocycles. The molecule has 0 aliphatic carbocycles. The molecule has 0 saturated carbocycles. The summed E-state index contributed by atoms with van der Waals surface area (Å²) >= 11 is 0. The first-order valence-electron chi connectivity index (χ1n) is 8.77. The summed E-state index contributed by atoms with van der Waals surface area (Å²) in [5.41, 5.74) is 2.70. The van der Waals surface area contributed by atoms with Gasteiger partial charge < -0.3 is 9.73 Å². The molecule has 4 aromatic heterocycles. The van der Waals surface area contributed by atoms with Gasteiger partial charge in [-0.25, -0.2) is 14.5 Å². The molecule has 4 rings (SSSR count). The number of aromatic nitrogens is 5. The highest BCUT2D eigenvalue weighted by atomic mass is 16.3. The Labute approximate surface area is 155 Å². The van der Waals surface area contributed by atoms with Crippen LogP contribution in [0.25, 0.3) is 16.7 Å². The number of hydrogen-bond acceptors (Lipinski definition) is 6. The molecule has 1 N–H and O–H groups in total. The lowest BCUT2D eigenvalue weighted by molar-refractivity contribution is 0.0922. The van der Waals surface area contributed by atoms with E-state index in [2.05, 4.69) is 20.4 Å². The van der Waals surface area contributed by atoms with E-state index in [1.165, 1.54) is 6.20 Å². The van der Waals surface area contributed by atoms with Gasteiger partial charge in [0, 0.05) is 18.0 Å². The average Bonchev–Trinajstić information content (AvgIpc) is 3.20. The standard InChI is InChI=1S/C19H20N6O2/c1-10(2)15(22-18(26)13-6-5-7-20-8-13)16-23-17-14-11(3)12(4)27-19(14)21-9-25(17)24-16/h5-10,15H,1-4H3,(H,22,26). The van der Waals surface area contributed by atoms with Crippen molar-refractivity contribution >= 4 is 22.7 Å². The molecular formula is C19H20N6O2. The summed E-state index contributed by atoms with van der Waals surface area (Å²) in [6, 6.07) is 3.11. The van der Waals surface area contributed by atoms with E-state index < -0.39 is 0 Å². The number of carbonyl (C=O) groups excluding carboxylic acids is 1. The second-order valence-corrected chi connectivity index (χ2v) is 6.88. The molecule has 0 aliphatic heterocycles. The van der Waals surface area contributed by atoms with Crippen LogP contribution in [-0.2, 0) is 0 Å². The van der Waals surface area contributed by atoms with Crippen LogP contribution in [0.2, 0.25) is 0 Å². The second kappa shape index (κ2) is 6.46. The molecule has 1 unspecified atom stereocenters. The third-order valence-electron chi connectivity index (χ3n) is 4.68. The SMILES string of the molecule is Cc1oc2ncn3nc(C(NC(=O)c4cccnc4)C(C)C)nc3c2c1C. The van der Waals surface area contributed by atoms with Crippen LogP contribution in [0.5, 0.6) is 0 Å². The molecule has 0 fully saturated rings. The number of pyridine rings is 1. The van der Waals surface area contributed by atoms with Gasteiger partial charge in [-0.3, -0.25) is 9.78 Å². The number of aryl methyl sites for hydroxylation is 2. The molecule has 0 aromatic carbocycles. The number of amides is 1. The molecule has 0 saturated heterocycles. The summed E-state index contributed by atoms with van der Waals surface area (Å²) < 4.78 is 7.31. The highest BCUT2D eigenvalue weighted by Gasteiger charge is 2.25. The van der Waals surface area contributed by atoms with Crippen LogP contribution in [0.1, 0.15) is 47.4 Å². The Balaban J connectivity index is 1.76. The molecule has 8 nitrogen and oxygen atoms in total. The zero-order valence-electron chi connectivity index (χ0n) is 15.6. The molecule has 1 atom stereocenters. The Morgan fingerprint density at radius 2 is 2.11 bits per heavy atom. The lowest BCUT2D eigenvalue weighted by Gasteiger charge is -2.19. The van der Waals surface area contributed by atoms with Gasteiger partial charge in [0.25, 0.3) is 5.91 Å². The van der Waals surface area contributed by atoms with Gasteiger partial charge in [0.15, 0.2) is 11.5 Å². The zero-order valence-corrected chi connectivity index (χ0v) is 15.6. The number of furan rings is 1. The Bertz CT molecular complexity index is 1130. The van der Waals surface area contributed by atoms with E-state index in [-0.39, 0.29) is 17.9 Å². The summed E-state index contributed by atoms with van der Waals surface area (Å²) in [5, 5.41) is 8.41.